The van der Waals surface area contributed by atoms with Gasteiger partial charge >= 0.3 is 5.97 Å². The lowest BCUT2D eigenvalue weighted by atomic mass is 10.2. The van der Waals surface area contributed by atoms with E-state index in [-0.39, 0.29) is 19.3 Å². The Morgan fingerprint density at radius 1 is 1.36 bits per heavy atom. The summed E-state index contributed by atoms with van der Waals surface area (Å²) in [6, 6.07) is 5.40. The Hall–Kier alpha value is -2.87. The van der Waals surface area contributed by atoms with Crippen LogP contribution in [0.1, 0.15) is 27.9 Å². The van der Waals surface area contributed by atoms with Crippen LogP contribution in [0.15, 0.2) is 24.3 Å². The Morgan fingerprint density at radius 3 is 2.96 bits per heavy atom. The maximum absolute atomic E-state index is 12.0. The molecular weight excluding hydrogens is 344 g/mol. The summed E-state index contributed by atoms with van der Waals surface area (Å²) in [5.41, 5.74) is 1.33. The highest BCUT2D eigenvalue weighted by atomic mass is 32.1. The number of nitrogens with zero attached hydrogens (tertiary/aromatic N) is 1. The average molecular weight is 360 g/mol. The number of anilines is 1. The van der Waals surface area contributed by atoms with Gasteiger partial charge in [0.1, 0.15) is 4.88 Å². The molecule has 1 aliphatic rings. The topological polar surface area (TPSA) is 86.8 Å². The fraction of sp³-hybridized carbons (Fsp3) is 0.235. The number of hydrogen-bond acceptors (Lipinski definition) is 7. The third-order valence-electron chi connectivity index (χ3n) is 3.31. The molecule has 2 aromatic rings. The molecule has 0 fully saturated rings. The zero-order valence-electron chi connectivity index (χ0n) is 13.7. The van der Waals surface area contributed by atoms with E-state index < -0.39 is 5.97 Å². The van der Waals surface area contributed by atoms with Gasteiger partial charge in [0.15, 0.2) is 16.6 Å². The van der Waals surface area contributed by atoms with Gasteiger partial charge in [-0.1, -0.05) is 17.4 Å². The van der Waals surface area contributed by atoms with Crippen LogP contribution in [0, 0.1) is 6.92 Å². The van der Waals surface area contributed by atoms with Crippen LogP contribution in [0.2, 0.25) is 0 Å². The maximum atomic E-state index is 12.0. The largest absolute Gasteiger partial charge is 0.462 e. The summed E-state index contributed by atoms with van der Waals surface area (Å²) in [6.45, 7) is 3.92. The molecule has 1 aromatic heterocycles. The molecule has 0 spiro atoms. The summed E-state index contributed by atoms with van der Waals surface area (Å²) in [4.78, 5) is 28.4. The molecule has 0 saturated heterocycles. The van der Waals surface area contributed by atoms with E-state index in [0.717, 1.165) is 16.9 Å². The molecule has 25 heavy (non-hydrogen) atoms. The van der Waals surface area contributed by atoms with Gasteiger partial charge in [-0.05, 0) is 37.6 Å². The fourth-order valence-corrected chi connectivity index (χ4v) is 3.03. The standard InChI is InChI=1S/C17H16N2O5S/c1-3-22-16(21)15-10(2)18-17(25-15)19-14(20)7-5-11-4-6-12-13(8-11)24-9-23-12/h4-8H,3,9H2,1-2H3,(H,18,19,20)/b7-5+. The molecule has 0 saturated carbocycles. The minimum atomic E-state index is -0.436. The first-order chi connectivity index (χ1) is 12.1. The number of rotatable bonds is 5. The van der Waals surface area contributed by atoms with Crippen LogP contribution in [0.25, 0.3) is 6.08 Å². The van der Waals surface area contributed by atoms with Crippen LogP contribution in [0.5, 0.6) is 11.5 Å². The Kier molecular flexibility index (Phi) is 4.99. The Labute approximate surface area is 148 Å². The minimum absolute atomic E-state index is 0.204. The molecule has 0 radical (unpaired) electrons. The van der Waals surface area contributed by atoms with E-state index >= 15 is 0 Å². The van der Waals surface area contributed by atoms with Gasteiger partial charge in [0.25, 0.3) is 0 Å². The lowest BCUT2D eigenvalue weighted by Gasteiger charge is -1.98. The zero-order chi connectivity index (χ0) is 17.8. The first-order valence-corrected chi connectivity index (χ1v) is 8.41. The van der Waals surface area contributed by atoms with E-state index in [2.05, 4.69) is 10.3 Å². The Morgan fingerprint density at radius 2 is 2.16 bits per heavy atom. The predicted molar refractivity (Wildman–Crippen MR) is 93.0 cm³/mol. The summed E-state index contributed by atoms with van der Waals surface area (Å²) < 4.78 is 15.5. The van der Waals surface area contributed by atoms with E-state index in [0.29, 0.717) is 27.2 Å². The average Bonchev–Trinajstić information content (AvgIpc) is 3.19. The number of nitrogens with one attached hydrogen (secondary N) is 1. The van der Waals surface area contributed by atoms with Crippen LogP contribution in [0.4, 0.5) is 5.13 Å². The van der Waals surface area contributed by atoms with Gasteiger partial charge in [-0.15, -0.1) is 0 Å². The van der Waals surface area contributed by atoms with Crippen LogP contribution >= 0.6 is 11.3 Å². The highest BCUT2D eigenvalue weighted by Gasteiger charge is 2.17. The van der Waals surface area contributed by atoms with Crippen molar-refractivity contribution in [2.45, 2.75) is 13.8 Å². The number of carbonyl (C=O) groups is 2. The van der Waals surface area contributed by atoms with Gasteiger partial charge in [-0.3, -0.25) is 10.1 Å². The Bertz CT molecular complexity index is 844. The SMILES string of the molecule is CCOC(=O)c1sc(NC(=O)/C=C/c2ccc3c(c2)OCO3)nc1C. The number of esters is 1. The second kappa shape index (κ2) is 7.35. The molecule has 130 valence electrons. The summed E-state index contributed by atoms with van der Waals surface area (Å²) in [6.07, 6.45) is 3.04. The zero-order valence-corrected chi connectivity index (χ0v) is 14.5. The molecule has 7 nitrogen and oxygen atoms in total. The molecule has 2 heterocycles. The molecule has 1 amide bonds. The molecule has 1 aromatic carbocycles. The molecule has 0 aliphatic carbocycles. The van der Waals surface area contributed by atoms with Crippen molar-refractivity contribution in [3.63, 3.8) is 0 Å². The van der Waals surface area contributed by atoms with E-state index in [1.54, 1.807) is 32.1 Å². The van der Waals surface area contributed by atoms with Gasteiger partial charge in [-0.25, -0.2) is 9.78 Å². The number of aromatic nitrogens is 1. The number of ether oxygens (including phenoxy) is 3. The van der Waals surface area contributed by atoms with Crippen LogP contribution in [-0.2, 0) is 9.53 Å². The molecule has 8 heteroatoms. The lowest BCUT2D eigenvalue weighted by Crippen LogP contribution is -2.07. The van der Waals surface area contributed by atoms with Crippen molar-refractivity contribution in [3.05, 3.63) is 40.4 Å². The number of aryl methyl sites for hydroxylation is 1. The number of carbonyl (C=O) groups excluding carboxylic acids is 2. The molecule has 1 N–H and O–H groups in total. The van der Waals surface area contributed by atoms with Gasteiger partial charge in [0.05, 0.1) is 12.3 Å². The molecule has 1 aliphatic heterocycles. The van der Waals surface area contributed by atoms with Gasteiger partial charge in [0, 0.05) is 6.08 Å². The fourth-order valence-electron chi connectivity index (χ4n) is 2.17. The maximum Gasteiger partial charge on any atom is 0.350 e. The number of benzene rings is 1. The number of amides is 1. The highest BCUT2D eigenvalue weighted by molar-refractivity contribution is 7.17. The quantitative estimate of drug-likeness (QED) is 0.651. The van der Waals surface area contributed by atoms with Crippen molar-refractivity contribution in [1.82, 2.24) is 4.98 Å². The van der Waals surface area contributed by atoms with E-state index in [9.17, 15) is 9.59 Å². The number of fused-ring (bicyclic) bond motifs is 1. The molecule has 0 unspecified atom stereocenters. The van der Waals surface area contributed by atoms with Crippen molar-refractivity contribution in [2.24, 2.45) is 0 Å². The summed E-state index contributed by atoms with van der Waals surface area (Å²) in [5, 5.41) is 2.99. The van der Waals surface area contributed by atoms with Crippen molar-refractivity contribution in [3.8, 4) is 11.5 Å². The molecule has 0 atom stereocenters. The van der Waals surface area contributed by atoms with Crippen LogP contribution < -0.4 is 14.8 Å². The highest BCUT2D eigenvalue weighted by Crippen LogP contribution is 2.32. The van der Waals surface area contributed by atoms with E-state index in [4.69, 9.17) is 14.2 Å². The van der Waals surface area contributed by atoms with Gasteiger partial charge in [0.2, 0.25) is 12.7 Å². The monoisotopic (exact) mass is 360 g/mol. The third-order valence-corrected chi connectivity index (χ3v) is 4.36. The minimum Gasteiger partial charge on any atom is -0.462 e. The summed E-state index contributed by atoms with van der Waals surface area (Å²) in [7, 11) is 0. The predicted octanol–water partition coefficient (Wildman–Crippen LogP) is 3.01. The van der Waals surface area contributed by atoms with E-state index in [1.165, 1.54) is 6.08 Å². The van der Waals surface area contributed by atoms with Crippen LogP contribution in [-0.4, -0.2) is 30.3 Å². The Balaban J connectivity index is 1.64. The summed E-state index contributed by atoms with van der Waals surface area (Å²) >= 11 is 1.09. The second-order valence-electron chi connectivity index (χ2n) is 5.09. The van der Waals surface area contributed by atoms with Crippen molar-refractivity contribution < 1.29 is 23.8 Å². The van der Waals surface area contributed by atoms with Crippen molar-refractivity contribution in [1.29, 1.82) is 0 Å². The molecule has 0 bridgehead atoms. The van der Waals surface area contributed by atoms with Crippen LogP contribution in [0.3, 0.4) is 0 Å². The smallest absolute Gasteiger partial charge is 0.350 e. The number of hydrogen-bond donors (Lipinski definition) is 1. The van der Waals surface area contributed by atoms with Gasteiger partial charge in [-0.2, -0.15) is 0 Å². The summed E-state index contributed by atoms with van der Waals surface area (Å²) in [5.74, 6) is 0.555. The second-order valence-corrected chi connectivity index (χ2v) is 6.09. The van der Waals surface area contributed by atoms with Crippen molar-refractivity contribution in [2.75, 3.05) is 18.7 Å². The first kappa shape index (κ1) is 17.0. The molecular formula is C17H16N2O5S. The third kappa shape index (κ3) is 3.97. The first-order valence-electron chi connectivity index (χ1n) is 7.60. The van der Waals surface area contributed by atoms with E-state index in [1.807, 2.05) is 6.07 Å². The van der Waals surface area contributed by atoms with Gasteiger partial charge < -0.3 is 14.2 Å². The van der Waals surface area contributed by atoms with Crippen molar-refractivity contribution >= 4 is 34.4 Å². The molecule has 3 rings (SSSR count). The number of thiazole rings is 1. The normalized spacial score (nSPS) is 12.4. The lowest BCUT2D eigenvalue weighted by molar-refractivity contribution is -0.111.